The van der Waals surface area contributed by atoms with Crippen LogP contribution in [0.3, 0.4) is 0 Å². The number of benzene rings is 2. The summed E-state index contributed by atoms with van der Waals surface area (Å²) in [7, 11) is 0. The molecule has 0 fully saturated rings. The Morgan fingerprint density at radius 2 is 2.00 bits per heavy atom. The number of rotatable bonds is 3. The summed E-state index contributed by atoms with van der Waals surface area (Å²) < 4.78 is 0.708. The first-order chi connectivity index (χ1) is 9.11. The highest BCUT2D eigenvalue weighted by atomic mass is 79.9. The van der Waals surface area contributed by atoms with E-state index >= 15 is 0 Å². The molecule has 0 aliphatic rings. The minimum absolute atomic E-state index is 0.218. The first-order valence-electron chi connectivity index (χ1n) is 5.51. The molecule has 5 heteroatoms. The van der Waals surface area contributed by atoms with Gasteiger partial charge < -0.3 is 5.32 Å². The Kier molecular flexibility index (Phi) is 4.91. The molecule has 0 saturated carbocycles. The summed E-state index contributed by atoms with van der Waals surface area (Å²) in [6.07, 6.45) is 1.99. The van der Waals surface area contributed by atoms with Crippen LogP contribution in [0.1, 0.15) is 10.4 Å². The molecule has 0 radical (unpaired) electrons. The second kappa shape index (κ2) is 6.46. The molecule has 0 atom stereocenters. The van der Waals surface area contributed by atoms with Gasteiger partial charge in [-0.3, -0.25) is 4.79 Å². The highest BCUT2D eigenvalue weighted by Gasteiger charge is 2.12. The van der Waals surface area contributed by atoms with Crippen molar-refractivity contribution in [2.24, 2.45) is 0 Å². The van der Waals surface area contributed by atoms with Gasteiger partial charge in [0.05, 0.1) is 10.6 Å². The number of carbonyl (C=O) groups excluding carboxylic acids is 1. The second-order valence-electron chi connectivity index (χ2n) is 3.79. The van der Waals surface area contributed by atoms with E-state index in [-0.39, 0.29) is 5.91 Å². The van der Waals surface area contributed by atoms with Crippen LogP contribution in [0.5, 0.6) is 0 Å². The number of thioether (sulfide) groups is 1. The molecular weight excluding hydrogens is 346 g/mol. The van der Waals surface area contributed by atoms with Crippen molar-refractivity contribution in [2.75, 3.05) is 11.6 Å². The third-order valence-electron chi connectivity index (χ3n) is 2.52. The van der Waals surface area contributed by atoms with Gasteiger partial charge in [0.15, 0.2) is 0 Å². The van der Waals surface area contributed by atoms with Crippen LogP contribution in [-0.4, -0.2) is 12.2 Å². The maximum absolute atomic E-state index is 12.2. The molecule has 19 heavy (non-hydrogen) atoms. The maximum Gasteiger partial charge on any atom is 0.257 e. The largest absolute Gasteiger partial charge is 0.322 e. The van der Waals surface area contributed by atoms with Gasteiger partial charge >= 0.3 is 0 Å². The molecule has 0 unspecified atom stereocenters. The van der Waals surface area contributed by atoms with E-state index in [1.54, 1.807) is 30.0 Å². The van der Waals surface area contributed by atoms with Crippen molar-refractivity contribution in [3.63, 3.8) is 0 Å². The van der Waals surface area contributed by atoms with E-state index < -0.39 is 0 Å². The zero-order chi connectivity index (χ0) is 13.8. The monoisotopic (exact) mass is 355 g/mol. The van der Waals surface area contributed by atoms with Gasteiger partial charge in [0.1, 0.15) is 0 Å². The van der Waals surface area contributed by atoms with Crippen molar-refractivity contribution in [1.29, 1.82) is 0 Å². The number of amides is 1. The van der Waals surface area contributed by atoms with Crippen LogP contribution in [0.25, 0.3) is 0 Å². The predicted molar refractivity (Wildman–Crippen MR) is 85.3 cm³/mol. The fourth-order valence-electron chi connectivity index (χ4n) is 1.58. The van der Waals surface area contributed by atoms with Gasteiger partial charge in [0.2, 0.25) is 0 Å². The minimum atomic E-state index is -0.218. The Morgan fingerprint density at radius 3 is 2.74 bits per heavy atom. The molecule has 2 aromatic carbocycles. The Morgan fingerprint density at radius 1 is 1.26 bits per heavy atom. The number of anilines is 1. The Balaban J connectivity index is 2.23. The summed E-state index contributed by atoms with van der Waals surface area (Å²) in [5.74, 6) is -0.218. The summed E-state index contributed by atoms with van der Waals surface area (Å²) >= 11 is 11.0. The van der Waals surface area contributed by atoms with E-state index in [4.69, 9.17) is 11.6 Å². The van der Waals surface area contributed by atoms with Gasteiger partial charge in [-0.1, -0.05) is 23.7 Å². The molecule has 2 nitrogen and oxygen atoms in total. The third kappa shape index (κ3) is 3.53. The van der Waals surface area contributed by atoms with Crippen LogP contribution in [-0.2, 0) is 0 Å². The predicted octanol–water partition coefficient (Wildman–Crippen LogP) is 5.08. The van der Waals surface area contributed by atoms with Crippen LogP contribution in [0.4, 0.5) is 5.69 Å². The molecule has 0 heterocycles. The van der Waals surface area contributed by atoms with Gasteiger partial charge in [0, 0.05) is 15.1 Å². The lowest BCUT2D eigenvalue weighted by molar-refractivity contribution is 0.102. The van der Waals surface area contributed by atoms with E-state index in [2.05, 4.69) is 21.2 Å². The Hall–Kier alpha value is -0.970. The zero-order valence-electron chi connectivity index (χ0n) is 10.1. The first kappa shape index (κ1) is 14.4. The summed E-state index contributed by atoms with van der Waals surface area (Å²) in [6, 6.07) is 13.0. The normalized spacial score (nSPS) is 10.3. The van der Waals surface area contributed by atoms with Crippen LogP contribution in [0.15, 0.2) is 51.8 Å². The number of hydrogen-bond donors (Lipinski definition) is 1. The van der Waals surface area contributed by atoms with E-state index in [0.717, 1.165) is 10.6 Å². The average Bonchev–Trinajstić information content (AvgIpc) is 2.42. The molecule has 0 spiro atoms. The third-order valence-corrected chi connectivity index (χ3v) is 4.55. The SMILES string of the molecule is CSc1cccc(NC(=O)c2cccc(Br)c2Cl)c1. The van der Waals surface area contributed by atoms with Crippen molar-refractivity contribution in [3.05, 3.63) is 57.5 Å². The lowest BCUT2D eigenvalue weighted by atomic mass is 10.2. The van der Waals surface area contributed by atoms with E-state index in [1.165, 1.54) is 0 Å². The number of carbonyl (C=O) groups is 1. The summed E-state index contributed by atoms with van der Waals surface area (Å²) in [5.41, 5.74) is 1.21. The van der Waals surface area contributed by atoms with Gasteiger partial charge in [0.25, 0.3) is 5.91 Å². The van der Waals surface area contributed by atoms with Crippen LogP contribution in [0, 0.1) is 0 Å². The van der Waals surface area contributed by atoms with Crippen LogP contribution < -0.4 is 5.32 Å². The molecule has 0 aliphatic carbocycles. The molecule has 1 amide bonds. The second-order valence-corrected chi connectivity index (χ2v) is 5.90. The number of hydrogen-bond acceptors (Lipinski definition) is 2. The maximum atomic E-state index is 12.2. The summed E-state index contributed by atoms with van der Waals surface area (Å²) in [4.78, 5) is 13.3. The molecule has 98 valence electrons. The highest BCUT2D eigenvalue weighted by Crippen LogP contribution is 2.27. The summed E-state index contributed by atoms with van der Waals surface area (Å²) in [5, 5.41) is 3.26. The molecule has 0 aromatic heterocycles. The topological polar surface area (TPSA) is 29.1 Å². The van der Waals surface area contributed by atoms with Gasteiger partial charge in [-0.2, -0.15) is 0 Å². The molecule has 2 rings (SSSR count). The fourth-order valence-corrected chi connectivity index (χ4v) is 2.62. The molecule has 0 saturated heterocycles. The standard InChI is InChI=1S/C14H11BrClNOS/c1-19-10-5-2-4-9(8-10)17-14(18)11-6-3-7-12(15)13(11)16/h2-8H,1H3,(H,17,18). The van der Waals surface area contributed by atoms with Crippen molar-refractivity contribution in [3.8, 4) is 0 Å². The molecular formula is C14H11BrClNOS. The van der Waals surface area contributed by atoms with Gasteiger partial charge in [-0.25, -0.2) is 0 Å². The van der Waals surface area contributed by atoms with Crippen molar-refractivity contribution in [2.45, 2.75) is 4.90 Å². The molecule has 0 bridgehead atoms. The minimum Gasteiger partial charge on any atom is -0.322 e. The number of halogens is 2. The van der Waals surface area contributed by atoms with Crippen molar-refractivity contribution < 1.29 is 4.79 Å². The highest BCUT2D eigenvalue weighted by molar-refractivity contribution is 9.10. The van der Waals surface area contributed by atoms with Crippen LogP contribution >= 0.6 is 39.3 Å². The lowest BCUT2D eigenvalue weighted by Gasteiger charge is -2.08. The van der Waals surface area contributed by atoms with E-state index in [9.17, 15) is 4.79 Å². The smallest absolute Gasteiger partial charge is 0.257 e. The van der Waals surface area contributed by atoms with E-state index in [0.29, 0.717) is 15.1 Å². The lowest BCUT2D eigenvalue weighted by Crippen LogP contribution is -2.12. The van der Waals surface area contributed by atoms with Crippen molar-refractivity contribution in [1.82, 2.24) is 0 Å². The summed E-state index contributed by atoms with van der Waals surface area (Å²) in [6.45, 7) is 0. The fraction of sp³-hybridized carbons (Fsp3) is 0.0714. The van der Waals surface area contributed by atoms with Gasteiger partial charge in [-0.05, 0) is 52.5 Å². The Bertz CT molecular complexity index is 618. The quantitative estimate of drug-likeness (QED) is 0.777. The first-order valence-corrected chi connectivity index (χ1v) is 7.91. The van der Waals surface area contributed by atoms with Crippen molar-refractivity contribution >= 4 is 50.9 Å². The van der Waals surface area contributed by atoms with E-state index in [1.807, 2.05) is 30.5 Å². The molecule has 0 aliphatic heterocycles. The molecule has 1 N–H and O–H groups in total. The number of nitrogens with one attached hydrogen (secondary N) is 1. The van der Waals surface area contributed by atoms with Crippen LogP contribution in [0.2, 0.25) is 5.02 Å². The zero-order valence-corrected chi connectivity index (χ0v) is 13.3. The average molecular weight is 357 g/mol. The molecule has 2 aromatic rings. The Labute approximate surface area is 129 Å². The van der Waals surface area contributed by atoms with Gasteiger partial charge in [-0.15, -0.1) is 11.8 Å².